The molecule has 0 spiro atoms. The van der Waals surface area contributed by atoms with Crippen LogP contribution in [0.1, 0.15) is 44.9 Å². The van der Waals surface area contributed by atoms with Crippen molar-refractivity contribution in [1.82, 2.24) is 15.3 Å². The molecule has 27 heavy (non-hydrogen) atoms. The molecule has 3 aliphatic rings. The maximum atomic E-state index is 13.4. The largest absolute Gasteiger partial charge is 0.351 e. The molecule has 0 radical (unpaired) electrons. The predicted octanol–water partition coefficient (Wildman–Crippen LogP) is 3.45. The first-order chi connectivity index (χ1) is 13.0. The Hall–Kier alpha value is -2.31. The van der Waals surface area contributed by atoms with Crippen LogP contribution in [0.5, 0.6) is 0 Å². The fourth-order valence-electron chi connectivity index (χ4n) is 4.82. The highest BCUT2D eigenvalue weighted by molar-refractivity contribution is 5.90. The van der Waals surface area contributed by atoms with Gasteiger partial charge >= 0.3 is 0 Å². The van der Waals surface area contributed by atoms with E-state index in [2.05, 4.69) is 27.1 Å². The quantitative estimate of drug-likeness (QED) is 0.893. The molecule has 1 aromatic carbocycles. The lowest BCUT2D eigenvalue weighted by Crippen LogP contribution is -2.44. The van der Waals surface area contributed by atoms with Gasteiger partial charge in [-0.15, -0.1) is 0 Å². The molecule has 1 aromatic heterocycles. The lowest BCUT2D eigenvalue weighted by molar-refractivity contribution is -0.123. The molecule has 0 unspecified atom stereocenters. The summed E-state index contributed by atoms with van der Waals surface area (Å²) in [6.07, 6.45) is 1.04. The van der Waals surface area contributed by atoms with Crippen molar-refractivity contribution in [2.45, 2.75) is 57.2 Å². The number of nitrogens with one attached hydrogen (secondary N) is 1. The topological polar surface area (TPSA) is 58.1 Å². The number of halogens is 2. The van der Waals surface area contributed by atoms with E-state index in [0.717, 1.165) is 31.1 Å². The third kappa shape index (κ3) is 2.75. The van der Waals surface area contributed by atoms with Crippen molar-refractivity contribution in [3.63, 3.8) is 0 Å². The van der Waals surface area contributed by atoms with Crippen LogP contribution in [0.3, 0.4) is 0 Å². The Balaban J connectivity index is 1.49. The van der Waals surface area contributed by atoms with Crippen molar-refractivity contribution in [2.75, 3.05) is 4.90 Å². The summed E-state index contributed by atoms with van der Waals surface area (Å²) in [5.74, 6) is 0.908. The maximum absolute atomic E-state index is 13.4. The zero-order valence-corrected chi connectivity index (χ0v) is 15.1. The number of rotatable bonds is 4. The lowest BCUT2D eigenvalue weighted by atomic mass is 9.95. The van der Waals surface area contributed by atoms with Gasteiger partial charge in [0.25, 0.3) is 6.43 Å². The number of carbonyl (C=O) groups is 1. The molecule has 2 aliphatic heterocycles. The van der Waals surface area contributed by atoms with E-state index in [1.807, 2.05) is 12.1 Å². The van der Waals surface area contributed by atoms with Crippen LogP contribution in [0, 0.1) is 11.8 Å². The van der Waals surface area contributed by atoms with Crippen LogP contribution in [0.15, 0.2) is 24.3 Å². The molecule has 142 valence electrons. The summed E-state index contributed by atoms with van der Waals surface area (Å²) < 4.78 is 26.7. The molecule has 3 fully saturated rings. The molecular weight excluding hydrogens is 350 g/mol. The van der Waals surface area contributed by atoms with Crippen molar-refractivity contribution < 1.29 is 13.6 Å². The van der Waals surface area contributed by atoms with Crippen LogP contribution in [-0.4, -0.2) is 34.0 Å². The molecule has 2 bridgehead atoms. The number of hydrogen-bond donors (Lipinski definition) is 1. The first-order valence-electron chi connectivity index (χ1n) is 9.66. The molecule has 1 N–H and O–H groups in total. The van der Waals surface area contributed by atoms with Gasteiger partial charge in [0.1, 0.15) is 5.82 Å². The fraction of sp³-hybridized carbons (Fsp3) is 0.550. The van der Waals surface area contributed by atoms with E-state index in [9.17, 15) is 13.6 Å². The smallest absolute Gasteiger partial charge is 0.297 e. The monoisotopic (exact) mass is 372 g/mol. The van der Waals surface area contributed by atoms with Gasteiger partial charge in [0.05, 0.1) is 17.6 Å². The SMILES string of the molecule is C[C@H]1C[C@@H]1C(=O)N[C@@H]1C[C@@H]2CC[C@H]1N2c1nc(C(F)F)nc2ccccc12. The Kier molecular flexibility index (Phi) is 3.81. The average Bonchev–Trinajstić information content (AvgIpc) is 3.13. The maximum Gasteiger partial charge on any atom is 0.297 e. The minimum atomic E-state index is -2.71. The highest BCUT2D eigenvalue weighted by atomic mass is 19.3. The summed E-state index contributed by atoms with van der Waals surface area (Å²) in [6.45, 7) is 2.09. The van der Waals surface area contributed by atoms with E-state index in [-0.39, 0.29) is 30.0 Å². The zero-order chi connectivity index (χ0) is 18.7. The van der Waals surface area contributed by atoms with Gasteiger partial charge in [-0.25, -0.2) is 18.7 Å². The third-order valence-electron chi connectivity index (χ3n) is 6.35. The summed E-state index contributed by atoms with van der Waals surface area (Å²) >= 11 is 0. The number of para-hydroxylation sites is 1. The van der Waals surface area contributed by atoms with E-state index < -0.39 is 12.2 Å². The van der Waals surface area contributed by atoms with Crippen LogP contribution >= 0.6 is 0 Å². The Morgan fingerprint density at radius 1 is 1.22 bits per heavy atom. The summed E-state index contributed by atoms with van der Waals surface area (Å²) in [5.41, 5.74) is 0.538. The Morgan fingerprint density at radius 3 is 2.74 bits per heavy atom. The molecule has 1 saturated carbocycles. The zero-order valence-electron chi connectivity index (χ0n) is 15.1. The van der Waals surface area contributed by atoms with E-state index in [1.54, 1.807) is 12.1 Å². The first-order valence-corrected chi connectivity index (χ1v) is 9.66. The molecular formula is C20H22F2N4O. The van der Waals surface area contributed by atoms with Crippen molar-refractivity contribution in [3.05, 3.63) is 30.1 Å². The molecule has 5 nitrogen and oxygen atoms in total. The van der Waals surface area contributed by atoms with Gasteiger partial charge in [0.2, 0.25) is 5.91 Å². The number of carbonyl (C=O) groups excluding carboxylic acids is 1. The highest BCUT2D eigenvalue weighted by Crippen LogP contribution is 2.44. The van der Waals surface area contributed by atoms with Gasteiger partial charge in [0, 0.05) is 17.3 Å². The molecule has 2 aromatic rings. The number of aromatic nitrogens is 2. The third-order valence-corrected chi connectivity index (χ3v) is 6.35. The Bertz CT molecular complexity index is 905. The Morgan fingerprint density at radius 2 is 2.00 bits per heavy atom. The predicted molar refractivity (Wildman–Crippen MR) is 97.6 cm³/mol. The summed E-state index contributed by atoms with van der Waals surface area (Å²) in [7, 11) is 0. The molecule has 1 aliphatic carbocycles. The number of benzene rings is 1. The molecule has 5 rings (SSSR count). The number of hydrogen-bond acceptors (Lipinski definition) is 4. The lowest BCUT2D eigenvalue weighted by Gasteiger charge is -2.27. The van der Waals surface area contributed by atoms with Gasteiger partial charge in [-0.1, -0.05) is 19.1 Å². The van der Waals surface area contributed by atoms with E-state index in [4.69, 9.17) is 0 Å². The van der Waals surface area contributed by atoms with Crippen LogP contribution in [0.25, 0.3) is 10.9 Å². The van der Waals surface area contributed by atoms with E-state index in [0.29, 0.717) is 17.3 Å². The normalized spacial score (nSPS) is 31.7. The number of anilines is 1. The fourth-order valence-corrected chi connectivity index (χ4v) is 4.82. The number of alkyl halides is 2. The second-order valence-corrected chi connectivity index (χ2v) is 8.10. The van der Waals surface area contributed by atoms with Crippen molar-refractivity contribution in [2.24, 2.45) is 11.8 Å². The van der Waals surface area contributed by atoms with E-state index in [1.165, 1.54) is 0 Å². The minimum absolute atomic E-state index is 0.0628. The van der Waals surface area contributed by atoms with Crippen molar-refractivity contribution >= 4 is 22.6 Å². The van der Waals surface area contributed by atoms with Gasteiger partial charge in [-0.3, -0.25) is 4.79 Å². The number of fused-ring (bicyclic) bond motifs is 3. The number of nitrogens with zero attached hydrogens (tertiary/aromatic N) is 3. The van der Waals surface area contributed by atoms with Gasteiger partial charge in [0.15, 0.2) is 5.82 Å². The second kappa shape index (κ2) is 6.11. The molecule has 1 amide bonds. The van der Waals surface area contributed by atoms with Crippen molar-refractivity contribution in [1.29, 1.82) is 0 Å². The van der Waals surface area contributed by atoms with Gasteiger partial charge in [-0.05, 0) is 43.7 Å². The molecule has 3 heterocycles. The molecule has 7 heteroatoms. The molecule has 2 saturated heterocycles. The molecule has 5 atom stereocenters. The van der Waals surface area contributed by atoms with Gasteiger partial charge < -0.3 is 10.2 Å². The van der Waals surface area contributed by atoms with Crippen LogP contribution in [-0.2, 0) is 4.79 Å². The Labute approximate surface area is 156 Å². The van der Waals surface area contributed by atoms with Crippen LogP contribution in [0.2, 0.25) is 0 Å². The second-order valence-electron chi connectivity index (χ2n) is 8.10. The summed E-state index contributed by atoms with van der Waals surface area (Å²) in [5, 5.41) is 4.01. The standard InChI is InChI=1S/C20H22F2N4O/c1-10-8-13(10)20(27)24-15-9-11-6-7-16(15)26(11)19-12-4-2-3-5-14(12)23-18(25-19)17(21)22/h2-5,10-11,13,15-17H,6-9H2,1H3,(H,24,27)/t10-,11-,13-,15+,16+/m0/s1. The van der Waals surface area contributed by atoms with Crippen LogP contribution < -0.4 is 10.2 Å². The van der Waals surface area contributed by atoms with Crippen molar-refractivity contribution in [3.8, 4) is 0 Å². The van der Waals surface area contributed by atoms with Crippen LogP contribution in [0.4, 0.5) is 14.6 Å². The highest BCUT2D eigenvalue weighted by Gasteiger charge is 2.49. The van der Waals surface area contributed by atoms with E-state index >= 15 is 0 Å². The minimum Gasteiger partial charge on any atom is -0.351 e. The average molecular weight is 372 g/mol. The van der Waals surface area contributed by atoms with Gasteiger partial charge in [-0.2, -0.15) is 0 Å². The summed E-state index contributed by atoms with van der Waals surface area (Å²) in [4.78, 5) is 22.8. The number of amides is 1. The first kappa shape index (κ1) is 16.8. The summed E-state index contributed by atoms with van der Waals surface area (Å²) in [6, 6.07) is 7.70.